The van der Waals surface area contributed by atoms with Crippen molar-refractivity contribution in [1.82, 2.24) is 19.7 Å². The largest absolute Gasteiger partial charge is 0.492 e. The Kier molecular flexibility index (Phi) is 4.86. The van der Waals surface area contributed by atoms with E-state index < -0.39 is 0 Å². The SMILES string of the molecule is Cn1cnnc1C1CN(CCOc2cccc(C#N)c2)CCO1. The molecule has 1 atom stereocenters. The molecule has 7 heteroatoms. The molecule has 0 bridgehead atoms. The Morgan fingerprint density at radius 2 is 2.39 bits per heavy atom. The van der Waals surface area contributed by atoms with Crippen LogP contribution in [0.25, 0.3) is 0 Å². The molecule has 0 N–H and O–H groups in total. The Bertz CT molecular complexity index is 694. The molecule has 0 amide bonds. The first-order valence-corrected chi connectivity index (χ1v) is 7.57. The maximum Gasteiger partial charge on any atom is 0.163 e. The third-order valence-corrected chi connectivity index (χ3v) is 3.82. The lowest BCUT2D eigenvalue weighted by atomic mass is 10.2. The predicted molar refractivity (Wildman–Crippen MR) is 82.8 cm³/mol. The van der Waals surface area contributed by atoms with Crippen molar-refractivity contribution in [2.24, 2.45) is 7.05 Å². The smallest absolute Gasteiger partial charge is 0.163 e. The lowest BCUT2D eigenvalue weighted by Crippen LogP contribution is -2.41. The van der Waals surface area contributed by atoms with Gasteiger partial charge < -0.3 is 14.0 Å². The van der Waals surface area contributed by atoms with E-state index in [0.29, 0.717) is 18.8 Å². The van der Waals surface area contributed by atoms with Crippen LogP contribution in [0, 0.1) is 11.3 Å². The molecule has 1 saturated heterocycles. The van der Waals surface area contributed by atoms with E-state index in [9.17, 15) is 0 Å². The minimum absolute atomic E-state index is 0.0573. The summed E-state index contributed by atoms with van der Waals surface area (Å²) in [6.07, 6.45) is 1.63. The molecule has 2 aromatic rings. The third kappa shape index (κ3) is 3.86. The van der Waals surface area contributed by atoms with Crippen molar-refractivity contribution in [3.63, 3.8) is 0 Å². The van der Waals surface area contributed by atoms with E-state index in [2.05, 4.69) is 21.2 Å². The van der Waals surface area contributed by atoms with E-state index >= 15 is 0 Å². The Morgan fingerprint density at radius 1 is 1.48 bits per heavy atom. The highest BCUT2D eigenvalue weighted by Gasteiger charge is 2.25. The maximum atomic E-state index is 8.89. The first-order chi connectivity index (χ1) is 11.3. The zero-order valence-corrected chi connectivity index (χ0v) is 13.1. The summed E-state index contributed by atoms with van der Waals surface area (Å²) < 4.78 is 13.4. The highest BCUT2D eigenvalue weighted by Crippen LogP contribution is 2.19. The van der Waals surface area contributed by atoms with Crippen molar-refractivity contribution in [1.29, 1.82) is 5.26 Å². The van der Waals surface area contributed by atoms with Crippen LogP contribution >= 0.6 is 0 Å². The molecule has 3 rings (SSSR count). The van der Waals surface area contributed by atoms with Crippen LogP contribution in [0.15, 0.2) is 30.6 Å². The summed E-state index contributed by atoms with van der Waals surface area (Å²) in [5.41, 5.74) is 0.608. The molecule has 0 spiro atoms. The number of hydrogen-bond donors (Lipinski definition) is 0. The molecular weight excluding hydrogens is 294 g/mol. The van der Waals surface area contributed by atoms with Gasteiger partial charge in [0.05, 0.1) is 18.2 Å². The molecule has 1 aromatic carbocycles. The van der Waals surface area contributed by atoms with Crippen molar-refractivity contribution in [2.45, 2.75) is 6.10 Å². The van der Waals surface area contributed by atoms with Crippen LogP contribution in [0.1, 0.15) is 17.5 Å². The van der Waals surface area contributed by atoms with Crippen molar-refractivity contribution in [3.05, 3.63) is 42.0 Å². The van der Waals surface area contributed by atoms with Gasteiger partial charge in [-0.3, -0.25) is 4.90 Å². The van der Waals surface area contributed by atoms with Gasteiger partial charge in [0.2, 0.25) is 0 Å². The fraction of sp³-hybridized carbons (Fsp3) is 0.438. The van der Waals surface area contributed by atoms with Crippen LogP contribution in [0.4, 0.5) is 0 Å². The van der Waals surface area contributed by atoms with Gasteiger partial charge in [0.1, 0.15) is 24.8 Å². The van der Waals surface area contributed by atoms with E-state index in [4.69, 9.17) is 14.7 Å². The maximum absolute atomic E-state index is 8.89. The Labute approximate surface area is 135 Å². The molecule has 7 nitrogen and oxygen atoms in total. The van der Waals surface area contributed by atoms with Crippen LogP contribution < -0.4 is 4.74 Å². The topological polar surface area (TPSA) is 76.2 Å². The number of ether oxygens (including phenoxy) is 2. The van der Waals surface area contributed by atoms with Gasteiger partial charge >= 0.3 is 0 Å². The number of aryl methyl sites for hydroxylation is 1. The third-order valence-electron chi connectivity index (χ3n) is 3.82. The van der Waals surface area contributed by atoms with Gasteiger partial charge in [0.25, 0.3) is 0 Å². The average molecular weight is 313 g/mol. The molecule has 120 valence electrons. The van der Waals surface area contributed by atoms with E-state index in [1.54, 1.807) is 18.5 Å². The first-order valence-electron chi connectivity index (χ1n) is 7.57. The second-order valence-corrected chi connectivity index (χ2v) is 5.45. The molecule has 1 aromatic heterocycles. The van der Waals surface area contributed by atoms with Crippen LogP contribution in [0.2, 0.25) is 0 Å². The molecule has 1 aliphatic rings. The van der Waals surface area contributed by atoms with Crippen molar-refractivity contribution >= 4 is 0 Å². The predicted octanol–water partition coefficient (Wildman–Crippen LogP) is 1.14. The highest BCUT2D eigenvalue weighted by atomic mass is 16.5. The van der Waals surface area contributed by atoms with E-state index in [0.717, 1.165) is 31.2 Å². The molecule has 1 aliphatic heterocycles. The van der Waals surface area contributed by atoms with Crippen LogP contribution in [0.5, 0.6) is 5.75 Å². The molecule has 1 unspecified atom stereocenters. The van der Waals surface area contributed by atoms with E-state index in [1.165, 1.54) is 0 Å². The second kappa shape index (κ2) is 7.22. The van der Waals surface area contributed by atoms with Gasteiger partial charge in [0.15, 0.2) is 5.82 Å². The minimum atomic E-state index is -0.0573. The summed E-state index contributed by atoms with van der Waals surface area (Å²) in [5.74, 6) is 1.57. The number of rotatable bonds is 5. The number of benzene rings is 1. The molecule has 0 aliphatic carbocycles. The van der Waals surface area contributed by atoms with Gasteiger partial charge in [-0.25, -0.2) is 0 Å². The van der Waals surface area contributed by atoms with Crippen LogP contribution in [-0.4, -0.2) is 52.5 Å². The number of aromatic nitrogens is 3. The summed E-state index contributed by atoms with van der Waals surface area (Å²) in [7, 11) is 1.92. The van der Waals surface area contributed by atoms with Gasteiger partial charge in [-0.15, -0.1) is 10.2 Å². The first kappa shape index (κ1) is 15.5. The number of morpholine rings is 1. The summed E-state index contributed by atoms with van der Waals surface area (Å²) >= 11 is 0. The van der Waals surface area contributed by atoms with Gasteiger partial charge in [-0.2, -0.15) is 5.26 Å². The molecular formula is C16H19N5O2. The lowest BCUT2D eigenvalue weighted by Gasteiger charge is -2.32. The van der Waals surface area contributed by atoms with Crippen LogP contribution in [-0.2, 0) is 11.8 Å². The molecule has 1 fully saturated rings. The summed E-state index contributed by atoms with van der Waals surface area (Å²) in [6.45, 7) is 3.68. The fourth-order valence-corrected chi connectivity index (χ4v) is 2.59. The summed E-state index contributed by atoms with van der Waals surface area (Å²) in [4.78, 5) is 2.29. The van der Waals surface area contributed by atoms with Crippen molar-refractivity contribution in [3.8, 4) is 11.8 Å². The number of hydrogen-bond acceptors (Lipinski definition) is 6. The van der Waals surface area contributed by atoms with Gasteiger partial charge in [-0.05, 0) is 18.2 Å². The van der Waals surface area contributed by atoms with Crippen LogP contribution in [0.3, 0.4) is 0 Å². The number of nitriles is 1. The summed E-state index contributed by atoms with van der Waals surface area (Å²) in [6, 6.07) is 9.32. The quantitative estimate of drug-likeness (QED) is 0.824. The molecule has 0 saturated carbocycles. The fourth-order valence-electron chi connectivity index (χ4n) is 2.59. The standard InChI is InChI=1S/C16H19N5O2/c1-20-12-18-19-16(20)15-11-21(6-8-23-15)5-7-22-14-4-2-3-13(9-14)10-17/h2-4,9,12,15H,5-8,11H2,1H3. The zero-order valence-electron chi connectivity index (χ0n) is 13.1. The normalized spacial score (nSPS) is 18.5. The minimum Gasteiger partial charge on any atom is -0.492 e. The average Bonchev–Trinajstić information content (AvgIpc) is 3.01. The van der Waals surface area contributed by atoms with Gasteiger partial charge in [-0.1, -0.05) is 6.07 Å². The molecule has 2 heterocycles. The molecule has 0 radical (unpaired) electrons. The van der Waals surface area contributed by atoms with E-state index in [-0.39, 0.29) is 6.10 Å². The molecule has 23 heavy (non-hydrogen) atoms. The Balaban J connectivity index is 1.50. The summed E-state index contributed by atoms with van der Waals surface area (Å²) in [5, 5.41) is 16.9. The Hall–Kier alpha value is -2.43. The number of nitrogens with zero attached hydrogens (tertiary/aromatic N) is 5. The highest BCUT2D eigenvalue weighted by molar-refractivity contribution is 5.36. The van der Waals surface area contributed by atoms with Crippen molar-refractivity contribution < 1.29 is 9.47 Å². The zero-order chi connectivity index (χ0) is 16.1. The lowest BCUT2D eigenvalue weighted by molar-refractivity contribution is -0.0384. The Morgan fingerprint density at radius 3 is 3.17 bits per heavy atom. The van der Waals surface area contributed by atoms with Gasteiger partial charge in [0, 0.05) is 26.7 Å². The van der Waals surface area contributed by atoms with E-state index in [1.807, 2.05) is 23.7 Å². The monoisotopic (exact) mass is 313 g/mol. The van der Waals surface area contributed by atoms with Crippen molar-refractivity contribution in [2.75, 3.05) is 32.8 Å². The second-order valence-electron chi connectivity index (χ2n) is 5.45.